The van der Waals surface area contributed by atoms with Crippen molar-refractivity contribution in [3.05, 3.63) is 34.9 Å². The Kier molecular flexibility index (Phi) is 2.42. The van der Waals surface area contributed by atoms with Gasteiger partial charge >= 0.3 is 0 Å². The van der Waals surface area contributed by atoms with Crippen molar-refractivity contribution < 1.29 is 9.90 Å². The summed E-state index contributed by atoms with van der Waals surface area (Å²) >= 11 is 0. The molecule has 4 rings (SSSR count). The molecule has 0 heterocycles. The van der Waals surface area contributed by atoms with Crippen LogP contribution in [-0.4, -0.2) is 10.9 Å². The van der Waals surface area contributed by atoms with Gasteiger partial charge in [-0.2, -0.15) is 0 Å². The zero-order chi connectivity index (χ0) is 13.9. The molecule has 0 spiro atoms. The lowest BCUT2D eigenvalue weighted by atomic mass is 9.63. The molecule has 1 saturated carbocycles. The highest BCUT2D eigenvalue weighted by molar-refractivity contribution is 5.90. The topological polar surface area (TPSA) is 37.3 Å². The van der Waals surface area contributed by atoms with Crippen LogP contribution in [0.15, 0.2) is 23.8 Å². The SMILES string of the molecule is C[C@@]12CCC3=C(CCc4cc(O)ccc43)[C@@H]1CCC2=O. The Morgan fingerprint density at radius 2 is 2.05 bits per heavy atom. The number of phenolic OH excluding ortho intramolecular Hbond substituents is 1. The van der Waals surface area contributed by atoms with Crippen LogP contribution in [0.3, 0.4) is 0 Å². The number of phenols is 1. The van der Waals surface area contributed by atoms with Gasteiger partial charge in [-0.05, 0) is 66.9 Å². The van der Waals surface area contributed by atoms with Crippen molar-refractivity contribution >= 4 is 11.4 Å². The number of aromatic hydroxyl groups is 1. The Morgan fingerprint density at radius 3 is 2.90 bits per heavy atom. The van der Waals surface area contributed by atoms with E-state index in [4.69, 9.17) is 0 Å². The highest BCUT2D eigenvalue weighted by Crippen LogP contribution is 2.56. The van der Waals surface area contributed by atoms with Crippen LogP contribution in [0.1, 0.15) is 50.2 Å². The molecule has 1 aromatic rings. The predicted octanol–water partition coefficient (Wildman–Crippen LogP) is 3.87. The highest BCUT2D eigenvalue weighted by atomic mass is 16.3. The molecule has 0 amide bonds. The number of allylic oxidation sites excluding steroid dienone is 2. The van der Waals surface area contributed by atoms with Crippen molar-refractivity contribution in [1.29, 1.82) is 0 Å². The Labute approximate surface area is 119 Å². The summed E-state index contributed by atoms with van der Waals surface area (Å²) in [6.45, 7) is 2.18. The van der Waals surface area contributed by atoms with E-state index in [0.717, 1.165) is 38.5 Å². The van der Waals surface area contributed by atoms with E-state index < -0.39 is 0 Å². The summed E-state index contributed by atoms with van der Waals surface area (Å²) in [5, 5.41) is 9.65. The summed E-state index contributed by atoms with van der Waals surface area (Å²) in [7, 11) is 0. The Bertz CT molecular complexity index is 641. The number of hydrogen-bond donors (Lipinski definition) is 1. The molecule has 0 unspecified atom stereocenters. The van der Waals surface area contributed by atoms with Gasteiger partial charge in [0.1, 0.15) is 11.5 Å². The second-order valence-electron chi connectivity index (χ2n) is 6.78. The molecule has 2 nitrogen and oxygen atoms in total. The van der Waals surface area contributed by atoms with Gasteiger partial charge in [-0.25, -0.2) is 0 Å². The second-order valence-corrected chi connectivity index (χ2v) is 6.78. The molecule has 1 aromatic carbocycles. The summed E-state index contributed by atoms with van der Waals surface area (Å²) in [4.78, 5) is 12.2. The largest absolute Gasteiger partial charge is 0.508 e. The van der Waals surface area contributed by atoms with E-state index in [-0.39, 0.29) is 5.41 Å². The summed E-state index contributed by atoms with van der Waals surface area (Å²) in [6, 6.07) is 5.77. The highest BCUT2D eigenvalue weighted by Gasteiger charge is 2.50. The molecule has 0 saturated heterocycles. The number of ketones is 1. The summed E-state index contributed by atoms with van der Waals surface area (Å²) in [5.74, 6) is 1.32. The van der Waals surface area contributed by atoms with Crippen molar-refractivity contribution in [2.75, 3.05) is 0 Å². The quantitative estimate of drug-likeness (QED) is 0.775. The van der Waals surface area contributed by atoms with Crippen LogP contribution in [0, 0.1) is 11.3 Å². The summed E-state index contributed by atoms with van der Waals surface area (Å²) in [5.41, 5.74) is 5.53. The average Bonchev–Trinajstić information content (AvgIpc) is 2.74. The van der Waals surface area contributed by atoms with Crippen LogP contribution < -0.4 is 0 Å². The molecule has 3 aliphatic carbocycles. The van der Waals surface area contributed by atoms with Crippen molar-refractivity contribution in [3.63, 3.8) is 0 Å². The standard InChI is InChI=1S/C18H20O2/c1-18-9-8-14-13-5-3-12(19)10-11(13)2-4-15(14)16(18)6-7-17(18)20/h3,5,10,16,19H,2,4,6-9H2,1H3/t16-,18+/m0/s1. The fourth-order valence-electron chi connectivity index (χ4n) is 4.69. The molecule has 3 aliphatic rings. The first-order valence-electron chi connectivity index (χ1n) is 7.67. The van der Waals surface area contributed by atoms with Crippen LogP contribution >= 0.6 is 0 Å². The van der Waals surface area contributed by atoms with Crippen LogP contribution in [0.25, 0.3) is 5.57 Å². The molecular weight excluding hydrogens is 248 g/mol. The number of Topliss-reactive ketones (excluding diaryl/α,β-unsaturated/α-hetero) is 1. The Balaban J connectivity index is 1.85. The van der Waals surface area contributed by atoms with Gasteiger partial charge in [-0.3, -0.25) is 4.79 Å². The van der Waals surface area contributed by atoms with E-state index >= 15 is 0 Å². The molecule has 104 valence electrons. The maximum Gasteiger partial charge on any atom is 0.139 e. The minimum absolute atomic E-state index is 0.0900. The molecule has 2 heteroatoms. The zero-order valence-electron chi connectivity index (χ0n) is 11.9. The first-order chi connectivity index (χ1) is 9.59. The number of carbonyl (C=O) groups excluding carboxylic acids is 1. The van der Waals surface area contributed by atoms with Gasteiger partial charge in [-0.1, -0.05) is 18.6 Å². The molecule has 0 aromatic heterocycles. The Morgan fingerprint density at radius 1 is 1.20 bits per heavy atom. The molecule has 1 fully saturated rings. The fourth-order valence-corrected chi connectivity index (χ4v) is 4.69. The van der Waals surface area contributed by atoms with Gasteiger partial charge in [0.05, 0.1) is 0 Å². The van der Waals surface area contributed by atoms with Crippen LogP contribution in [0.2, 0.25) is 0 Å². The van der Waals surface area contributed by atoms with E-state index in [1.807, 2.05) is 6.07 Å². The molecule has 20 heavy (non-hydrogen) atoms. The maximum absolute atomic E-state index is 12.2. The first-order valence-corrected chi connectivity index (χ1v) is 7.67. The lowest BCUT2D eigenvalue weighted by molar-refractivity contribution is -0.126. The van der Waals surface area contributed by atoms with Gasteiger partial charge < -0.3 is 5.11 Å². The molecule has 0 radical (unpaired) electrons. The average molecular weight is 268 g/mol. The van der Waals surface area contributed by atoms with Gasteiger partial charge in [0.2, 0.25) is 0 Å². The fraction of sp³-hybridized carbons (Fsp3) is 0.500. The predicted molar refractivity (Wildman–Crippen MR) is 78.4 cm³/mol. The summed E-state index contributed by atoms with van der Waals surface area (Å²) < 4.78 is 0. The maximum atomic E-state index is 12.2. The molecule has 2 atom stereocenters. The van der Waals surface area contributed by atoms with Crippen LogP contribution in [0.5, 0.6) is 5.75 Å². The van der Waals surface area contributed by atoms with E-state index in [9.17, 15) is 9.90 Å². The number of carbonyl (C=O) groups is 1. The number of rotatable bonds is 0. The minimum atomic E-state index is -0.0900. The van der Waals surface area contributed by atoms with E-state index in [1.54, 1.807) is 11.6 Å². The smallest absolute Gasteiger partial charge is 0.139 e. The van der Waals surface area contributed by atoms with E-state index in [0.29, 0.717) is 17.5 Å². The Hall–Kier alpha value is -1.57. The minimum Gasteiger partial charge on any atom is -0.508 e. The number of aryl methyl sites for hydroxylation is 1. The third-order valence-corrected chi connectivity index (χ3v) is 5.85. The molecular formula is C18H20O2. The number of benzene rings is 1. The van der Waals surface area contributed by atoms with Gasteiger partial charge in [0.15, 0.2) is 0 Å². The lowest BCUT2D eigenvalue weighted by Crippen LogP contribution is -2.34. The van der Waals surface area contributed by atoms with Crippen molar-refractivity contribution in [3.8, 4) is 5.75 Å². The van der Waals surface area contributed by atoms with Crippen LogP contribution in [-0.2, 0) is 11.2 Å². The first kappa shape index (κ1) is 12.2. The molecule has 0 aliphatic heterocycles. The normalized spacial score (nSPS) is 31.9. The summed E-state index contributed by atoms with van der Waals surface area (Å²) in [6.07, 6.45) is 5.89. The van der Waals surface area contributed by atoms with Crippen molar-refractivity contribution in [2.24, 2.45) is 11.3 Å². The number of fused-ring (bicyclic) bond motifs is 4. The zero-order valence-corrected chi connectivity index (χ0v) is 11.9. The second kappa shape index (κ2) is 3.97. The molecule has 1 N–H and O–H groups in total. The van der Waals surface area contributed by atoms with Crippen molar-refractivity contribution in [2.45, 2.75) is 45.4 Å². The monoisotopic (exact) mass is 268 g/mol. The van der Waals surface area contributed by atoms with E-state index in [1.165, 1.54) is 16.7 Å². The van der Waals surface area contributed by atoms with Gasteiger partial charge in [0, 0.05) is 11.8 Å². The van der Waals surface area contributed by atoms with Crippen molar-refractivity contribution in [1.82, 2.24) is 0 Å². The number of hydrogen-bond acceptors (Lipinski definition) is 2. The van der Waals surface area contributed by atoms with Gasteiger partial charge in [-0.15, -0.1) is 0 Å². The van der Waals surface area contributed by atoms with Crippen LogP contribution in [0.4, 0.5) is 0 Å². The lowest BCUT2D eigenvalue weighted by Gasteiger charge is -2.40. The molecule has 0 bridgehead atoms. The third kappa shape index (κ3) is 1.48. The third-order valence-electron chi connectivity index (χ3n) is 5.85. The van der Waals surface area contributed by atoms with Gasteiger partial charge in [0.25, 0.3) is 0 Å². The van der Waals surface area contributed by atoms with E-state index in [2.05, 4.69) is 13.0 Å².